The van der Waals surface area contributed by atoms with Gasteiger partial charge < -0.3 is 10.6 Å². The van der Waals surface area contributed by atoms with Gasteiger partial charge in [-0.05, 0) is 29.3 Å². The molecule has 3 aromatic carbocycles. The van der Waals surface area contributed by atoms with Crippen LogP contribution >= 0.6 is 23.2 Å². The Morgan fingerprint density at radius 1 is 0.815 bits per heavy atom. The van der Waals surface area contributed by atoms with Crippen LogP contribution in [-0.2, 0) is 4.79 Å². The van der Waals surface area contributed by atoms with Gasteiger partial charge in [0.15, 0.2) is 0 Å². The molecule has 5 heteroatoms. The van der Waals surface area contributed by atoms with E-state index in [1.807, 2.05) is 66.7 Å². The molecule has 27 heavy (non-hydrogen) atoms. The molecule has 134 valence electrons. The summed E-state index contributed by atoms with van der Waals surface area (Å²) < 4.78 is 0. The number of carbonyl (C=O) groups is 1. The monoisotopic (exact) mass is 394 g/mol. The van der Waals surface area contributed by atoms with Gasteiger partial charge in [0.2, 0.25) is 0 Å². The first kappa shape index (κ1) is 17.7. The lowest BCUT2D eigenvalue weighted by Crippen LogP contribution is -2.20. The molecule has 1 atom stereocenters. The highest BCUT2D eigenvalue weighted by atomic mass is 35.5. The van der Waals surface area contributed by atoms with Crippen LogP contribution in [0.2, 0.25) is 10.0 Å². The van der Waals surface area contributed by atoms with E-state index in [0.717, 1.165) is 16.8 Å². The van der Waals surface area contributed by atoms with Gasteiger partial charge in [-0.1, -0.05) is 83.9 Å². The van der Waals surface area contributed by atoms with E-state index in [2.05, 4.69) is 10.6 Å². The van der Waals surface area contributed by atoms with Gasteiger partial charge in [-0.3, -0.25) is 4.79 Å². The van der Waals surface area contributed by atoms with Crippen LogP contribution < -0.4 is 10.6 Å². The lowest BCUT2D eigenvalue weighted by atomic mass is 9.96. The van der Waals surface area contributed by atoms with Crippen LogP contribution in [-0.4, -0.2) is 5.91 Å². The number of fused-ring (bicyclic) bond motifs is 1. The molecule has 0 spiro atoms. The topological polar surface area (TPSA) is 41.1 Å². The maximum Gasteiger partial charge on any atom is 0.254 e. The van der Waals surface area contributed by atoms with Crippen molar-refractivity contribution in [3.05, 3.63) is 99.5 Å². The third-order valence-electron chi connectivity index (χ3n) is 4.44. The number of anilines is 2. The van der Waals surface area contributed by atoms with E-state index in [1.54, 1.807) is 12.1 Å². The Hall–Kier alpha value is -2.75. The Morgan fingerprint density at radius 2 is 1.41 bits per heavy atom. The van der Waals surface area contributed by atoms with Crippen molar-refractivity contribution >= 4 is 46.6 Å². The molecule has 1 amide bonds. The molecule has 1 heterocycles. The van der Waals surface area contributed by atoms with E-state index >= 15 is 0 Å². The molecule has 4 rings (SSSR count). The Morgan fingerprint density at radius 3 is 2.07 bits per heavy atom. The Bertz CT molecular complexity index is 1020. The highest BCUT2D eigenvalue weighted by Gasteiger charge is 2.28. The van der Waals surface area contributed by atoms with Crippen molar-refractivity contribution in [3.63, 3.8) is 0 Å². The second-order valence-electron chi connectivity index (χ2n) is 6.26. The quantitative estimate of drug-likeness (QED) is 0.509. The molecule has 0 aliphatic carbocycles. The van der Waals surface area contributed by atoms with Crippen LogP contribution in [0, 0.1) is 0 Å². The summed E-state index contributed by atoms with van der Waals surface area (Å²) in [6.45, 7) is 0. The van der Waals surface area contributed by atoms with Crippen molar-refractivity contribution in [1.29, 1.82) is 0 Å². The van der Waals surface area contributed by atoms with Crippen LogP contribution in [0.15, 0.2) is 78.4 Å². The SMILES string of the molecule is O=C1Nc2cc(Cl)c(Cl)cc2NC(c2ccccc2)/C1=C/c1ccccc1. The van der Waals surface area contributed by atoms with Crippen molar-refractivity contribution in [2.75, 3.05) is 10.6 Å². The molecular formula is C22H16Cl2N2O. The molecule has 0 fully saturated rings. The third-order valence-corrected chi connectivity index (χ3v) is 5.16. The maximum absolute atomic E-state index is 13.1. The Kier molecular flexibility index (Phi) is 4.88. The summed E-state index contributed by atoms with van der Waals surface area (Å²) in [5.41, 5.74) is 3.87. The van der Waals surface area contributed by atoms with Crippen molar-refractivity contribution < 1.29 is 4.79 Å². The summed E-state index contributed by atoms with van der Waals surface area (Å²) in [6.07, 6.45) is 1.90. The number of nitrogens with one attached hydrogen (secondary N) is 2. The number of carbonyl (C=O) groups excluding carboxylic acids is 1. The molecule has 0 saturated heterocycles. The second-order valence-corrected chi connectivity index (χ2v) is 7.08. The summed E-state index contributed by atoms with van der Waals surface area (Å²) in [4.78, 5) is 13.1. The first-order valence-electron chi connectivity index (χ1n) is 8.50. The normalized spacial score (nSPS) is 17.6. The fraction of sp³-hybridized carbons (Fsp3) is 0.0455. The Balaban J connectivity index is 1.86. The fourth-order valence-corrected chi connectivity index (χ4v) is 3.44. The summed E-state index contributed by atoms with van der Waals surface area (Å²) in [7, 11) is 0. The van der Waals surface area contributed by atoms with Gasteiger partial charge >= 0.3 is 0 Å². The van der Waals surface area contributed by atoms with Crippen LogP contribution in [0.3, 0.4) is 0 Å². The van der Waals surface area contributed by atoms with Crippen molar-refractivity contribution in [1.82, 2.24) is 0 Å². The van der Waals surface area contributed by atoms with Crippen molar-refractivity contribution in [3.8, 4) is 0 Å². The molecule has 0 aromatic heterocycles. The molecule has 3 nitrogen and oxygen atoms in total. The third kappa shape index (κ3) is 3.70. The molecule has 2 N–H and O–H groups in total. The van der Waals surface area contributed by atoms with Crippen molar-refractivity contribution in [2.24, 2.45) is 0 Å². The predicted molar refractivity (Wildman–Crippen MR) is 112 cm³/mol. The Labute approximate surface area is 167 Å². The summed E-state index contributed by atoms with van der Waals surface area (Å²) in [6, 6.07) is 22.7. The highest BCUT2D eigenvalue weighted by Crippen LogP contribution is 2.39. The number of benzene rings is 3. The van der Waals surface area contributed by atoms with E-state index < -0.39 is 0 Å². The van der Waals surface area contributed by atoms with Gasteiger partial charge in [0, 0.05) is 5.57 Å². The lowest BCUT2D eigenvalue weighted by Gasteiger charge is -2.20. The molecule has 0 saturated carbocycles. The van der Waals surface area contributed by atoms with Crippen LogP contribution in [0.1, 0.15) is 17.2 Å². The number of amides is 1. The molecular weight excluding hydrogens is 379 g/mol. The minimum Gasteiger partial charge on any atom is -0.372 e. The number of rotatable bonds is 2. The number of hydrogen-bond acceptors (Lipinski definition) is 2. The molecule has 3 aromatic rings. The zero-order valence-electron chi connectivity index (χ0n) is 14.2. The number of hydrogen-bond donors (Lipinski definition) is 2. The van der Waals surface area contributed by atoms with E-state index in [1.165, 1.54) is 0 Å². The molecule has 1 aliphatic heterocycles. The van der Waals surface area contributed by atoms with Gasteiger partial charge in [0.25, 0.3) is 5.91 Å². The number of halogens is 2. The predicted octanol–water partition coefficient (Wildman–Crippen LogP) is 6.18. The zero-order valence-corrected chi connectivity index (χ0v) is 15.8. The first-order chi connectivity index (χ1) is 13.1. The van der Waals surface area contributed by atoms with Crippen LogP contribution in [0.5, 0.6) is 0 Å². The smallest absolute Gasteiger partial charge is 0.254 e. The van der Waals surface area contributed by atoms with Gasteiger partial charge in [0.05, 0.1) is 27.5 Å². The standard InChI is InChI=1S/C22H16Cl2N2O/c23-17-12-19-20(13-18(17)24)26-22(27)16(11-14-7-3-1-4-8-14)21(25-19)15-9-5-2-6-10-15/h1-13,21,25H,(H,26,27)/b16-11-. The second kappa shape index (κ2) is 7.47. The average Bonchev–Trinajstić information content (AvgIpc) is 2.81. The lowest BCUT2D eigenvalue weighted by molar-refractivity contribution is -0.112. The van der Waals surface area contributed by atoms with E-state index in [0.29, 0.717) is 21.3 Å². The molecule has 1 aliphatic rings. The van der Waals surface area contributed by atoms with Gasteiger partial charge in [-0.25, -0.2) is 0 Å². The zero-order chi connectivity index (χ0) is 18.8. The summed E-state index contributed by atoms with van der Waals surface area (Å²) in [5.74, 6) is -0.183. The minimum atomic E-state index is -0.329. The summed E-state index contributed by atoms with van der Waals surface area (Å²) in [5, 5.41) is 7.22. The highest BCUT2D eigenvalue weighted by molar-refractivity contribution is 6.42. The first-order valence-corrected chi connectivity index (χ1v) is 9.26. The van der Waals surface area contributed by atoms with Crippen LogP contribution in [0.25, 0.3) is 6.08 Å². The average molecular weight is 395 g/mol. The van der Waals surface area contributed by atoms with Crippen molar-refractivity contribution in [2.45, 2.75) is 6.04 Å². The maximum atomic E-state index is 13.1. The van der Waals surface area contributed by atoms with Gasteiger partial charge in [-0.2, -0.15) is 0 Å². The molecule has 0 bridgehead atoms. The van der Waals surface area contributed by atoms with E-state index in [-0.39, 0.29) is 11.9 Å². The fourth-order valence-electron chi connectivity index (χ4n) is 3.11. The largest absolute Gasteiger partial charge is 0.372 e. The van der Waals surface area contributed by atoms with Crippen LogP contribution in [0.4, 0.5) is 11.4 Å². The van der Waals surface area contributed by atoms with E-state index in [9.17, 15) is 4.79 Å². The van der Waals surface area contributed by atoms with E-state index in [4.69, 9.17) is 23.2 Å². The van der Waals surface area contributed by atoms with Gasteiger partial charge in [-0.15, -0.1) is 0 Å². The summed E-state index contributed by atoms with van der Waals surface area (Å²) >= 11 is 12.3. The molecule has 0 radical (unpaired) electrons. The van der Waals surface area contributed by atoms with Gasteiger partial charge in [0.1, 0.15) is 0 Å². The molecule has 1 unspecified atom stereocenters. The minimum absolute atomic E-state index is 0.183.